The predicted molar refractivity (Wildman–Crippen MR) is 48.1 cm³/mol. The Morgan fingerprint density at radius 3 is 2.62 bits per heavy atom. The minimum absolute atomic E-state index is 0.0819. The summed E-state index contributed by atoms with van der Waals surface area (Å²) in [6.45, 7) is 0. The van der Waals surface area contributed by atoms with Gasteiger partial charge in [-0.05, 0) is 0 Å². The molecule has 0 saturated heterocycles. The van der Waals surface area contributed by atoms with Crippen molar-refractivity contribution in [2.75, 3.05) is 24.7 Å². The summed E-state index contributed by atoms with van der Waals surface area (Å²) >= 11 is 0. The van der Waals surface area contributed by atoms with Crippen molar-refractivity contribution in [3.05, 3.63) is 11.9 Å². The van der Waals surface area contributed by atoms with Crippen molar-refractivity contribution in [1.82, 2.24) is 9.97 Å². The number of nitrogens with one attached hydrogen (secondary N) is 2. The molecule has 0 saturated carbocycles. The second-order valence-electron chi connectivity index (χ2n) is 2.26. The van der Waals surface area contributed by atoms with Gasteiger partial charge in [0.2, 0.25) is 0 Å². The van der Waals surface area contributed by atoms with E-state index in [0.717, 1.165) is 0 Å². The van der Waals surface area contributed by atoms with E-state index in [2.05, 4.69) is 20.6 Å². The van der Waals surface area contributed by atoms with E-state index in [1.165, 1.54) is 6.20 Å². The number of anilines is 2. The average Bonchev–Trinajstić information content (AvgIpc) is 2.16. The van der Waals surface area contributed by atoms with Crippen LogP contribution in [0.1, 0.15) is 10.5 Å². The average molecular weight is 182 g/mol. The highest BCUT2D eigenvalue weighted by Gasteiger charge is 2.12. The van der Waals surface area contributed by atoms with Gasteiger partial charge in [-0.3, -0.25) is 0 Å². The molecule has 0 spiro atoms. The molecule has 70 valence electrons. The molecule has 0 fully saturated rings. The Morgan fingerprint density at radius 1 is 1.46 bits per heavy atom. The monoisotopic (exact) mass is 182 g/mol. The van der Waals surface area contributed by atoms with Gasteiger partial charge in [0.05, 0.1) is 6.20 Å². The normalized spacial score (nSPS) is 9.38. The summed E-state index contributed by atoms with van der Waals surface area (Å²) in [5.74, 6) is -0.326. The minimum atomic E-state index is -1.10. The fourth-order valence-electron chi connectivity index (χ4n) is 0.840. The number of rotatable bonds is 3. The van der Waals surface area contributed by atoms with E-state index in [1.54, 1.807) is 14.1 Å². The van der Waals surface area contributed by atoms with Crippen LogP contribution in [-0.2, 0) is 0 Å². The van der Waals surface area contributed by atoms with Crippen LogP contribution < -0.4 is 10.6 Å². The number of carbonyl (C=O) groups is 1. The Kier molecular flexibility index (Phi) is 2.63. The number of hydrogen-bond donors (Lipinski definition) is 3. The summed E-state index contributed by atoms with van der Waals surface area (Å²) in [5, 5.41) is 14.1. The molecule has 0 aromatic carbocycles. The van der Waals surface area contributed by atoms with Crippen molar-refractivity contribution < 1.29 is 9.90 Å². The second-order valence-corrected chi connectivity index (χ2v) is 2.26. The maximum Gasteiger partial charge on any atom is 0.358 e. The van der Waals surface area contributed by atoms with Crippen molar-refractivity contribution in [2.24, 2.45) is 0 Å². The molecule has 13 heavy (non-hydrogen) atoms. The highest BCUT2D eigenvalue weighted by atomic mass is 16.4. The maximum atomic E-state index is 10.6. The molecule has 0 amide bonds. The number of aromatic nitrogens is 2. The summed E-state index contributed by atoms with van der Waals surface area (Å²) in [6.07, 6.45) is 1.37. The van der Waals surface area contributed by atoms with Gasteiger partial charge in [0.25, 0.3) is 0 Å². The standard InChI is InChI=1S/C7H10N4O2/c1-8-4-3-10-5(7(12)13)6(9-2)11-4/h3H,1-2H3,(H,12,13)(H2,8,9,11). The first kappa shape index (κ1) is 9.24. The summed E-state index contributed by atoms with van der Waals surface area (Å²) < 4.78 is 0. The van der Waals surface area contributed by atoms with Crippen LogP contribution in [0.25, 0.3) is 0 Å². The van der Waals surface area contributed by atoms with Crippen LogP contribution in [0.3, 0.4) is 0 Å². The zero-order chi connectivity index (χ0) is 9.84. The topological polar surface area (TPSA) is 87.1 Å². The molecule has 6 nitrogen and oxygen atoms in total. The molecule has 0 atom stereocenters. The van der Waals surface area contributed by atoms with Gasteiger partial charge in [-0.15, -0.1) is 0 Å². The van der Waals surface area contributed by atoms with Crippen molar-refractivity contribution >= 4 is 17.6 Å². The van der Waals surface area contributed by atoms with Crippen LogP contribution in [0.15, 0.2) is 6.20 Å². The van der Waals surface area contributed by atoms with Crippen LogP contribution in [0.2, 0.25) is 0 Å². The van der Waals surface area contributed by atoms with Gasteiger partial charge < -0.3 is 15.7 Å². The highest BCUT2D eigenvalue weighted by molar-refractivity contribution is 5.90. The summed E-state index contributed by atoms with van der Waals surface area (Å²) in [7, 11) is 3.28. The molecule has 1 aromatic rings. The smallest absolute Gasteiger partial charge is 0.358 e. The van der Waals surface area contributed by atoms with Crippen LogP contribution >= 0.6 is 0 Å². The number of nitrogens with zero attached hydrogens (tertiary/aromatic N) is 2. The zero-order valence-corrected chi connectivity index (χ0v) is 7.33. The van der Waals surface area contributed by atoms with Gasteiger partial charge in [0, 0.05) is 14.1 Å². The highest BCUT2D eigenvalue weighted by Crippen LogP contribution is 2.11. The molecule has 3 N–H and O–H groups in total. The Hall–Kier alpha value is -1.85. The number of carboxylic acid groups (broad SMARTS) is 1. The molecule has 0 unspecified atom stereocenters. The lowest BCUT2D eigenvalue weighted by Gasteiger charge is -2.05. The first-order valence-electron chi connectivity index (χ1n) is 3.65. The fraction of sp³-hybridized carbons (Fsp3) is 0.286. The van der Waals surface area contributed by atoms with Gasteiger partial charge in [-0.1, -0.05) is 0 Å². The van der Waals surface area contributed by atoms with E-state index >= 15 is 0 Å². The molecule has 1 aromatic heterocycles. The lowest BCUT2D eigenvalue weighted by atomic mass is 10.4. The molecule has 0 aliphatic heterocycles. The molecule has 1 rings (SSSR count). The summed E-state index contributed by atoms with van der Waals surface area (Å²) in [5.41, 5.74) is -0.0819. The minimum Gasteiger partial charge on any atom is -0.476 e. The number of carboxylic acids is 1. The van der Waals surface area contributed by atoms with Crippen molar-refractivity contribution in [3.63, 3.8) is 0 Å². The van der Waals surface area contributed by atoms with Crippen molar-refractivity contribution in [2.45, 2.75) is 0 Å². The van der Waals surface area contributed by atoms with Gasteiger partial charge in [0.15, 0.2) is 11.5 Å². The Bertz CT molecular complexity index is 326. The lowest BCUT2D eigenvalue weighted by Crippen LogP contribution is -2.09. The van der Waals surface area contributed by atoms with E-state index in [4.69, 9.17) is 5.11 Å². The molecule has 6 heteroatoms. The Balaban J connectivity index is 3.15. The quantitative estimate of drug-likeness (QED) is 0.621. The third-order valence-electron chi connectivity index (χ3n) is 1.47. The van der Waals surface area contributed by atoms with Gasteiger partial charge in [-0.25, -0.2) is 14.8 Å². The third kappa shape index (κ3) is 1.84. The van der Waals surface area contributed by atoms with E-state index in [9.17, 15) is 4.79 Å². The number of hydrogen-bond acceptors (Lipinski definition) is 5. The fourth-order valence-corrected chi connectivity index (χ4v) is 0.840. The first-order chi connectivity index (χ1) is 6.19. The molecule has 0 aliphatic rings. The van der Waals surface area contributed by atoms with Crippen LogP contribution in [-0.4, -0.2) is 35.1 Å². The van der Waals surface area contributed by atoms with Gasteiger partial charge >= 0.3 is 5.97 Å². The maximum absolute atomic E-state index is 10.6. The van der Waals surface area contributed by atoms with Gasteiger partial charge in [0.1, 0.15) is 5.82 Å². The molecule has 0 aliphatic carbocycles. The molecular formula is C7H10N4O2. The molecule has 1 heterocycles. The van der Waals surface area contributed by atoms with Crippen LogP contribution in [0.5, 0.6) is 0 Å². The van der Waals surface area contributed by atoms with Gasteiger partial charge in [-0.2, -0.15) is 0 Å². The number of aromatic carboxylic acids is 1. The zero-order valence-electron chi connectivity index (χ0n) is 7.33. The first-order valence-corrected chi connectivity index (χ1v) is 3.65. The second kappa shape index (κ2) is 3.70. The van der Waals surface area contributed by atoms with Crippen LogP contribution in [0, 0.1) is 0 Å². The molecule has 0 bridgehead atoms. The van der Waals surface area contributed by atoms with E-state index in [-0.39, 0.29) is 11.5 Å². The lowest BCUT2D eigenvalue weighted by molar-refractivity contribution is 0.0691. The Morgan fingerprint density at radius 2 is 2.15 bits per heavy atom. The largest absolute Gasteiger partial charge is 0.476 e. The summed E-state index contributed by atoms with van der Waals surface area (Å²) in [4.78, 5) is 18.3. The van der Waals surface area contributed by atoms with Crippen molar-refractivity contribution in [1.29, 1.82) is 0 Å². The molecule has 0 radical (unpaired) electrons. The Labute approximate surface area is 75.0 Å². The van der Waals surface area contributed by atoms with Crippen molar-refractivity contribution in [3.8, 4) is 0 Å². The van der Waals surface area contributed by atoms with E-state index < -0.39 is 5.97 Å². The van der Waals surface area contributed by atoms with E-state index in [1.807, 2.05) is 0 Å². The SMILES string of the molecule is CNc1cnc(C(=O)O)c(NC)n1. The predicted octanol–water partition coefficient (Wildman–Crippen LogP) is 0.258. The molecular weight excluding hydrogens is 172 g/mol. The van der Waals surface area contributed by atoms with Crippen LogP contribution in [0.4, 0.5) is 11.6 Å². The third-order valence-corrected chi connectivity index (χ3v) is 1.47. The van der Waals surface area contributed by atoms with E-state index in [0.29, 0.717) is 5.82 Å². The summed E-state index contributed by atoms with van der Waals surface area (Å²) in [6, 6.07) is 0.